The molecule has 0 atom stereocenters. The Bertz CT molecular complexity index is 1000. The quantitative estimate of drug-likeness (QED) is 0.666. The minimum Gasteiger partial charge on any atom is -0.484 e. The molecule has 0 saturated carbocycles. The molecule has 0 unspecified atom stereocenters. The number of anilines is 1. The molecule has 2 aromatic carbocycles. The van der Waals surface area contributed by atoms with Crippen LogP contribution in [0.1, 0.15) is 18.4 Å². The van der Waals surface area contributed by atoms with Crippen molar-refractivity contribution in [2.75, 3.05) is 30.3 Å². The second kappa shape index (κ2) is 9.82. The van der Waals surface area contributed by atoms with Gasteiger partial charge in [-0.15, -0.1) is 0 Å². The highest BCUT2D eigenvalue weighted by atomic mass is 32.2. The SMILES string of the molecule is CS(=O)(=O)N(Cc1ccccc1)c1ccc(OCC(=O)N2CCC(C(N)=O)CC2)cc1. The lowest BCUT2D eigenvalue weighted by Crippen LogP contribution is -2.43. The minimum atomic E-state index is -3.48. The second-order valence-electron chi connectivity index (χ2n) is 7.60. The Morgan fingerprint density at radius 3 is 2.23 bits per heavy atom. The first-order valence-electron chi connectivity index (χ1n) is 10.1. The maximum Gasteiger partial charge on any atom is 0.260 e. The molecule has 8 nitrogen and oxygen atoms in total. The molecule has 0 aromatic heterocycles. The fourth-order valence-corrected chi connectivity index (χ4v) is 4.40. The summed E-state index contributed by atoms with van der Waals surface area (Å²) in [5.74, 6) is -0.184. The summed E-state index contributed by atoms with van der Waals surface area (Å²) < 4.78 is 31.5. The predicted octanol–water partition coefficient (Wildman–Crippen LogP) is 1.76. The number of primary amides is 1. The van der Waals surface area contributed by atoms with Crippen molar-refractivity contribution in [3.05, 3.63) is 60.2 Å². The van der Waals surface area contributed by atoms with E-state index < -0.39 is 10.0 Å². The molecule has 31 heavy (non-hydrogen) atoms. The summed E-state index contributed by atoms with van der Waals surface area (Å²) in [6.07, 6.45) is 2.30. The van der Waals surface area contributed by atoms with Crippen LogP contribution in [0, 0.1) is 5.92 Å². The van der Waals surface area contributed by atoms with Gasteiger partial charge in [-0.2, -0.15) is 0 Å². The minimum absolute atomic E-state index is 0.125. The molecule has 1 saturated heterocycles. The number of hydrogen-bond donors (Lipinski definition) is 1. The van der Waals surface area contributed by atoms with Crippen molar-refractivity contribution < 1.29 is 22.7 Å². The van der Waals surface area contributed by atoms with Crippen molar-refractivity contribution >= 4 is 27.5 Å². The second-order valence-corrected chi connectivity index (χ2v) is 9.50. The van der Waals surface area contributed by atoms with E-state index >= 15 is 0 Å². The maximum atomic E-state index is 12.4. The number of sulfonamides is 1. The van der Waals surface area contributed by atoms with Gasteiger partial charge in [0.2, 0.25) is 15.9 Å². The van der Waals surface area contributed by atoms with Crippen molar-refractivity contribution in [1.82, 2.24) is 4.90 Å². The molecule has 3 rings (SSSR count). The van der Waals surface area contributed by atoms with Gasteiger partial charge in [0.05, 0.1) is 18.5 Å². The zero-order valence-corrected chi connectivity index (χ0v) is 18.3. The molecule has 166 valence electrons. The summed E-state index contributed by atoms with van der Waals surface area (Å²) in [6.45, 7) is 1.06. The van der Waals surface area contributed by atoms with E-state index in [4.69, 9.17) is 10.5 Å². The smallest absolute Gasteiger partial charge is 0.260 e. The topological polar surface area (TPSA) is 110 Å². The number of hydrogen-bond acceptors (Lipinski definition) is 5. The van der Waals surface area contributed by atoms with Gasteiger partial charge in [0, 0.05) is 19.0 Å². The number of amides is 2. The zero-order chi connectivity index (χ0) is 22.4. The molecule has 2 amide bonds. The first-order valence-corrected chi connectivity index (χ1v) is 11.9. The summed E-state index contributed by atoms with van der Waals surface area (Å²) in [4.78, 5) is 25.3. The molecule has 2 N–H and O–H groups in total. The van der Waals surface area contributed by atoms with Crippen LogP contribution in [0.25, 0.3) is 0 Å². The average molecular weight is 446 g/mol. The van der Waals surface area contributed by atoms with Gasteiger partial charge < -0.3 is 15.4 Å². The summed E-state index contributed by atoms with van der Waals surface area (Å²) in [5.41, 5.74) is 6.71. The van der Waals surface area contributed by atoms with Gasteiger partial charge in [-0.3, -0.25) is 13.9 Å². The van der Waals surface area contributed by atoms with Gasteiger partial charge in [0.1, 0.15) is 5.75 Å². The van der Waals surface area contributed by atoms with Gasteiger partial charge in [-0.1, -0.05) is 30.3 Å². The summed E-state index contributed by atoms with van der Waals surface area (Å²) >= 11 is 0. The van der Waals surface area contributed by atoms with Gasteiger partial charge >= 0.3 is 0 Å². The van der Waals surface area contributed by atoms with Crippen LogP contribution < -0.4 is 14.8 Å². The lowest BCUT2D eigenvalue weighted by molar-refractivity contribution is -0.136. The summed E-state index contributed by atoms with van der Waals surface area (Å²) in [7, 11) is -3.48. The Labute approximate surface area is 182 Å². The first kappa shape index (κ1) is 22.6. The average Bonchev–Trinajstić information content (AvgIpc) is 2.76. The van der Waals surface area contributed by atoms with Gasteiger partial charge in [0.25, 0.3) is 5.91 Å². The third kappa shape index (κ3) is 6.21. The Morgan fingerprint density at radius 1 is 1.06 bits per heavy atom. The number of rotatable bonds is 8. The summed E-state index contributed by atoms with van der Waals surface area (Å²) in [6, 6.07) is 15.9. The monoisotopic (exact) mass is 445 g/mol. The number of carbonyl (C=O) groups is 2. The van der Waals surface area contributed by atoms with E-state index in [1.165, 1.54) is 10.6 Å². The van der Waals surface area contributed by atoms with Crippen LogP contribution in [0.4, 0.5) is 5.69 Å². The van der Waals surface area contributed by atoms with Crippen LogP contribution in [0.15, 0.2) is 54.6 Å². The van der Waals surface area contributed by atoms with Crippen LogP contribution in [-0.4, -0.2) is 51.1 Å². The fraction of sp³-hybridized carbons (Fsp3) is 0.364. The number of nitrogens with zero attached hydrogens (tertiary/aromatic N) is 2. The standard InChI is InChI=1S/C22H27N3O5S/c1-31(28,29)25(15-17-5-3-2-4-6-17)19-7-9-20(10-8-19)30-16-21(26)24-13-11-18(12-14-24)22(23)27/h2-10,18H,11-16H2,1H3,(H2,23,27). The number of piperidine rings is 1. The van der Waals surface area contributed by atoms with Crippen molar-refractivity contribution in [3.8, 4) is 5.75 Å². The van der Waals surface area contributed by atoms with E-state index in [9.17, 15) is 18.0 Å². The molecule has 1 fully saturated rings. The molecule has 1 aliphatic rings. The zero-order valence-electron chi connectivity index (χ0n) is 17.4. The molecule has 0 spiro atoms. The van der Waals surface area contributed by atoms with Crippen molar-refractivity contribution in [2.24, 2.45) is 11.7 Å². The van der Waals surface area contributed by atoms with E-state index in [-0.39, 0.29) is 30.9 Å². The van der Waals surface area contributed by atoms with Crippen LogP contribution in [0.5, 0.6) is 5.75 Å². The van der Waals surface area contributed by atoms with Crippen molar-refractivity contribution in [3.63, 3.8) is 0 Å². The highest BCUT2D eigenvalue weighted by Crippen LogP contribution is 2.24. The molecular formula is C22H27N3O5S. The number of likely N-dealkylation sites (tertiary alicyclic amines) is 1. The Hall–Kier alpha value is -3.07. The maximum absolute atomic E-state index is 12.4. The third-order valence-corrected chi connectivity index (χ3v) is 6.45. The van der Waals surface area contributed by atoms with E-state index in [1.54, 1.807) is 29.2 Å². The molecule has 0 bridgehead atoms. The van der Waals surface area contributed by atoms with Crippen LogP contribution in [0.2, 0.25) is 0 Å². The van der Waals surface area contributed by atoms with E-state index in [0.29, 0.717) is 37.4 Å². The largest absolute Gasteiger partial charge is 0.484 e. The first-order chi connectivity index (χ1) is 14.7. The highest BCUT2D eigenvalue weighted by molar-refractivity contribution is 7.92. The number of nitrogens with two attached hydrogens (primary N) is 1. The molecular weight excluding hydrogens is 418 g/mol. The molecule has 1 heterocycles. The predicted molar refractivity (Wildman–Crippen MR) is 118 cm³/mol. The van der Waals surface area contributed by atoms with Crippen LogP contribution in [0.3, 0.4) is 0 Å². The molecule has 2 aromatic rings. The van der Waals surface area contributed by atoms with Crippen LogP contribution >= 0.6 is 0 Å². The van der Waals surface area contributed by atoms with E-state index in [2.05, 4.69) is 0 Å². The Kier molecular flexibility index (Phi) is 7.17. The molecule has 1 aliphatic heterocycles. The molecule has 0 aliphatic carbocycles. The van der Waals surface area contributed by atoms with E-state index in [0.717, 1.165) is 5.56 Å². The Morgan fingerprint density at radius 2 is 1.68 bits per heavy atom. The van der Waals surface area contributed by atoms with Gasteiger partial charge in [-0.25, -0.2) is 8.42 Å². The lowest BCUT2D eigenvalue weighted by atomic mass is 9.96. The number of benzene rings is 2. The Balaban J connectivity index is 1.59. The van der Waals surface area contributed by atoms with E-state index in [1.807, 2.05) is 30.3 Å². The lowest BCUT2D eigenvalue weighted by Gasteiger charge is -2.30. The summed E-state index contributed by atoms with van der Waals surface area (Å²) in [5, 5.41) is 0. The molecule has 0 radical (unpaired) electrons. The van der Waals surface area contributed by atoms with Crippen molar-refractivity contribution in [1.29, 1.82) is 0 Å². The van der Waals surface area contributed by atoms with Crippen LogP contribution in [-0.2, 0) is 26.2 Å². The van der Waals surface area contributed by atoms with Gasteiger partial charge in [0.15, 0.2) is 6.61 Å². The fourth-order valence-electron chi connectivity index (χ4n) is 3.51. The normalized spacial score (nSPS) is 14.8. The number of carbonyl (C=O) groups excluding carboxylic acids is 2. The third-order valence-electron chi connectivity index (χ3n) is 5.31. The highest BCUT2D eigenvalue weighted by Gasteiger charge is 2.26. The number of ether oxygens (including phenoxy) is 1. The molecule has 9 heteroatoms. The van der Waals surface area contributed by atoms with Crippen molar-refractivity contribution in [2.45, 2.75) is 19.4 Å². The van der Waals surface area contributed by atoms with Gasteiger partial charge in [-0.05, 0) is 42.7 Å².